The molecule has 0 saturated carbocycles. The van der Waals surface area contributed by atoms with E-state index in [-0.39, 0.29) is 19.1 Å². The number of hydrogen-bond acceptors (Lipinski definition) is 3. The molecule has 0 aromatic heterocycles. The molecular weight excluding hydrogens is 278 g/mol. The normalized spacial score (nSPS) is 15.0. The SMILES string of the molecule is O=C(COc1ccc2ccccc2c1CO)N1CCCCC1. The molecule has 1 fully saturated rings. The first kappa shape index (κ1) is 14.9. The van der Waals surface area contributed by atoms with Crippen LogP contribution in [0.1, 0.15) is 24.8 Å². The number of carbonyl (C=O) groups excluding carboxylic acids is 1. The van der Waals surface area contributed by atoms with E-state index < -0.39 is 0 Å². The maximum atomic E-state index is 12.2. The van der Waals surface area contributed by atoms with E-state index in [9.17, 15) is 9.90 Å². The number of hydrogen-bond donors (Lipinski definition) is 1. The maximum absolute atomic E-state index is 12.2. The van der Waals surface area contributed by atoms with Crippen LogP contribution < -0.4 is 4.74 Å². The molecular formula is C18H21NO3. The first-order valence-electron chi connectivity index (χ1n) is 7.81. The fraction of sp³-hybridized carbons (Fsp3) is 0.389. The molecule has 1 N–H and O–H groups in total. The molecule has 116 valence electrons. The van der Waals surface area contributed by atoms with Crippen molar-refractivity contribution >= 4 is 16.7 Å². The summed E-state index contributed by atoms with van der Waals surface area (Å²) in [6.45, 7) is 1.58. The van der Waals surface area contributed by atoms with Gasteiger partial charge in [0.15, 0.2) is 6.61 Å². The smallest absolute Gasteiger partial charge is 0.260 e. The van der Waals surface area contributed by atoms with Gasteiger partial charge in [0.2, 0.25) is 0 Å². The third kappa shape index (κ3) is 3.07. The summed E-state index contributed by atoms with van der Waals surface area (Å²) in [5, 5.41) is 11.7. The Bertz CT molecular complexity index is 662. The minimum absolute atomic E-state index is 0.0248. The second-order valence-corrected chi connectivity index (χ2v) is 5.65. The predicted octanol–water partition coefficient (Wildman–Crippen LogP) is 2.72. The van der Waals surface area contributed by atoms with Gasteiger partial charge in [-0.1, -0.05) is 30.3 Å². The fourth-order valence-electron chi connectivity index (χ4n) is 2.99. The second-order valence-electron chi connectivity index (χ2n) is 5.65. The first-order valence-corrected chi connectivity index (χ1v) is 7.81. The lowest BCUT2D eigenvalue weighted by Gasteiger charge is -2.26. The first-order chi connectivity index (χ1) is 10.8. The molecule has 1 heterocycles. The van der Waals surface area contributed by atoms with Crippen LogP contribution in [0.3, 0.4) is 0 Å². The number of aliphatic hydroxyl groups excluding tert-OH is 1. The summed E-state index contributed by atoms with van der Waals surface area (Å²) in [7, 11) is 0. The van der Waals surface area contributed by atoms with Gasteiger partial charge < -0.3 is 14.7 Å². The van der Waals surface area contributed by atoms with Gasteiger partial charge in [0.25, 0.3) is 5.91 Å². The van der Waals surface area contributed by atoms with Crippen molar-refractivity contribution in [1.82, 2.24) is 4.90 Å². The number of amides is 1. The van der Waals surface area contributed by atoms with Crippen LogP contribution in [0.15, 0.2) is 36.4 Å². The Morgan fingerprint density at radius 1 is 1.09 bits per heavy atom. The molecule has 1 aliphatic heterocycles. The number of aliphatic hydroxyl groups is 1. The molecule has 2 aromatic rings. The molecule has 3 rings (SSSR count). The number of rotatable bonds is 4. The van der Waals surface area contributed by atoms with Crippen LogP contribution in [-0.4, -0.2) is 35.6 Å². The summed E-state index contributed by atoms with van der Waals surface area (Å²) in [6, 6.07) is 11.6. The van der Waals surface area contributed by atoms with Gasteiger partial charge in [-0.3, -0.25) is 4.79 Å². The number of carbonyl (C=O) groups is 1. The Hall–Kier alpha value is -2.07. The zero-order chi connectivity index (χ0) is 15.4. The van der Waals surface area contributed by atoms with Gasteiger partial charge in [-0.25, -0.2) is 0 Å². The molecule has 0 spiro atoms. The van der Waals surface area contributed by atoms with Gasteiger partial charge in [-0.05, 0) is 36.1 Å². The van der Waals surface area contributed by atoms with E-state index in [1.54, 1.807) is 0 Å². The van der Waals surface area contributed by atoms with Crippen molar-refractivity contribution in [3.8, 4) is 5.75 Å². The second kappa shape index (κ2) is 6.79. The van der Waals surface area contributed by atoms with Gasteiger partial charge in [0.1, 0.15) is 5.75 Å². The van der Waals surface area contributed by atoms with E-state index in [1.807, 2.05) is 41.3 Å². The van der Waals surface area contributed by atoms with Crippen LogP contribution in [-0.2, 0) is 11.4 Å². The number of fused-ring (bicyclic) bond motifs is 1. The van der Waals surface area contributed by atoms with Crippen LogP contribution in [0.25, 0.3) is 10.8 Å². The lowest BCUT2D eigenvalue weighted by molar-refractivity contribution is -0.134. The van der Waals surface area contributed by atoms with Crippen molar-refractivity contribution in [2.75, 3.05) is 19.7 Å². The van der Waals surface area contributed by atoms with Crippen molar-refractivity contribution in [2.24, 2.45) is 0 Å². The van der Waals surface area contributed by atoms with Crippen molar-refractivity contribution in [2.45, 2.75) is 25.9 Å². The quantitative estimate of drug-likeness (QED) is 0.944. The summed E-state index contributed by atoms with van der Waals surface area (Å²) < 4.78 is 5.70. The molecule has 0 radical (unpaired) electrons. The highest BCUT2D eigenvalue weighted by Gasteiger charge is 2.17. The number of ether oxygens (including phenoxy) is 1. The van der Waals surface area contributed by atoms with Crippen LogP contribution >= 0.6 is 0 Å². The van der Waals surface area contributed by atoms with Crippen molar-refractivity contribution in [3.63, 3.8) is 0 Å². The molecule has 4 heteroatoms. The van der Waals surface area contributed by atoms with E-state index in [0.29, 0.717) is 5.75 Å². The van der Waals surface area contributed by atoms with Crippen molar-refractivity contribution in [1.29, 1.82) is 0 Å². The average molecular weight is 299 g/mol. The number of benzene rings is 2. The average Bonchev–Trinajstić information content (AvgIpc) is 2.59. The molecule has 0 unspecified atom stereocenters. The Morgan fingerprint density at radius 3 is 2.64 bits per heavy atom. The molecule has 22 heavy (non-hydrogen) atoms. The standard InChI is InChI=1S/C18H21NO3/c20-12-16-15-7-3-2-6-14(15)8-9-17(16)22-13-18(21)19-10-4-1-5-11-19/h2-3,6-9,20H,1,4-5,10-13H2. The molecule has 1 amide bonds. The van der Waals surface area contributed by atoms with Crippen molar-refractivity contribution in [3.05, 3.63) is 42.0 Å². The van der Waals surface area contributed by atoms with Gasteiger partial charge in [0, 0.05) is 18.7 Å². The number of likely N-dealkylation sites (tertiary alicyclic amines) is 1. The predicted molar refractivity (Wildman–Crippen MR) is 85.8 cm³/mol. The minimum atomic E-state index is -0.103. The highest BCUT2D eigenvalue weighted by molar-refractivity contribution is 5.87. The fourth-order valence-corrected chi connectivity index (χ4v) is 2.99. The van der Waals surface area contributed by atoms with E-state index in [1.165, 1.54) is 6.42 Å². The van der Waals surface area contributed by atoms with Gasteiger partial charge in [0.05, 0.1) is 6.61 Å². The van der Waals surface area contributed by atoms with Gasteiger partial charge >= 0.3 is 0 Å². The van der Waals surface area contributed by atoms with Gasteiger partial charge in [-0.15, -0.1) is 0 Å². The Labute approximate surface area is 130 Å². The maximum Gasteiger partial charge on any atom is 0.260 e. The Morgan fingerprint density at radius 2 is 1.86 bits per heavy atom. The molecule has 0 atom stereocenters. The number of nitrogens with zero attached hydrogens (tertiary/aromatic N) is 1. The number of piperidine rings is 1. The molecule has 4 nitrogen and oxygen atoms in total. The van der Waals surface area contributed by atoms with Crippen LogP contribution in [0.2, 0.25) is 0 Å². The molecule has 0 aliphatic carbocycles. The van der Waals surface area contributed by atoms with Crippen LogP contribution in [0.4, 0.5) is 0 Å². The largest absolute Gasteiger partial charge is 0.483 e. The highest BCUT2D eigenvalue weighted by atomic mass is 16.5. The summed E-state index contributed by atoms with van der Waals surface area (Å²) in [5.74, 6) is 0.614. The topological polar surface area (TPSA) is 49.8 Å². The molecule has 1 aliphatic rings. The Balaban J connectivity index is 1.74. The van der Waals surface area contributed by atoms with E-state index in [0.717, 1.165) is 42.3 Å². The summed E-state index contributed by atoms with van der Waals surface area (Å²) in [6.07, 6.45) is 3.34. The van der Waals surface area contributed by atoms with E-state index in [4.69, 9.17) is 4.74 Å². The zero-order valence-electron chi connectivity index (χ0n) is 12.6. The minimum Gasteiger partial charge on any atom is -0.483 e. The summed E-state index contributed by atoms with van der Waals surface area (Å²) >= 11 is 0. The Kier molecular flexibility index (Phi) is 4.59. The summed E-state index contributed by atoms with van der Waals surface area (Å²) in [4.78, 5) is 14.0. The van der Waals surface area contributed by atoms with Crippen molar-refractivity contribution < 1.29 is 14.6 Å². The molecule has 2 aromatic carbocycles. The molecule has 1 saturated heterocycles. The zero-order valence-corrected chi connectivity index (χ0v) is 12.6. The summed E-state index contributed by atoms with van der Waals surface area (Å²) in [5.41, 5.74) is 0.740. The molecule has 0 bridgehead atoms. The lowest BCUT2D eigenvalue weighted by Crippen LogP contribution is -2.38. The third-order valence-electron chi connectivity index (χ3n) is 4.22. The monoisotopic (exact) mass is 299 g/mol. The highest BCUT2D eigenvalue weighted by Crippen LogP contribution is 2.28. The van der Waals surface area contributed by atoms with E-state index >= 15 is 0 Å². The van der Waals surface area contributed by atoms with Crippen LogP contribution in [0.5, 0.6) is 5.75 Å². The third-order valence-corrected chi connectivity index (χ3v) is 4.22. The lowest BCUT2D eigenvalue weighted by atomic mass is 10.0. The van der Waals surface area contributed by atoms with Gasteiger partial charge in [-0.2, -0.15) is 0 Å². The van der Waals surface area contributed by atoms with E-state index in [2.05, 4.69) is 0 Å². The van der Waals surface area contributed by atoms with Crippen LogP contribution in [0, 0.1) is 0 Å².